The highest BCUT2D eigenvalue weighted by Gasteiger charge is 2.21. The van der Waals surface area contributed by atoms with Crippen molar-refractivity contribution in [2.75, 3.05) is 5.73 Å². The highest BCUT2D eigenvalue weighted by atomic mass is 16.6. The van der Waals surface area contributed by atoms with Crippen LogP contribution in [0.5, 0.6) is 0 Å². The standard InChI is InChI=1S/C12H15N3O2/c1-12(2,3)17-11(16)10-8-5-4-7(13)6-9(8)14-15-10/h4-6H,13H2,1-3H3,(H,14,15). The second-order valence-electron chi connectivity index (χ2n) is 4.88. The summed E-state index contributed by atoms with van der Waals surface area (Å²) >= 11 is 0. The van der Waals surface area contributed by atoms with E-state index >= 15 is 0 Å². The van der Waals surface area contributed by atoms with Gasteiger partial charge in [-0.3, -0.25) is 5.10 Å². The van der Waals surface area contributed by atoms with E-state index in [0.29, 0.717) is 11.1 Å². The number of carbonyl (C=O) groups is 1. The number of rotatable bonds is 1. The predicted molar refractivity (Wildman–Crippen MR) is 65.7 cm³/mol. The Morgan fingerprint density at radius 1 is 1.41 bits per heavy atom. The quantitative estimate of drug-likeness (QED) is 0.583. The van der Waals surface area contributed by atoms with Crippen molar-refractivity contribution in [1.29, 1.82) is 0 Å². The molecule has 0 aliphatic carbocycles. The van der Waals surface area contributed by atoms with Gasteiger partial charge in [0.2, 0.25) is 0 Å². The highest BCUT2D eigenvalue weighted by molar-refractivity contribution is 6.02. The molecule has 0 amide bonds. The van der Waals surface area contributed by atoms with E-state index in [1.165, 1.54) is 0 Å². The van der Waals surface area contributed by atoms with Crippen molar-refractivity contribution >= 4 is 22.6 Å². The van der Waals surface area contributed by atoms with Gasteiger partial charge in [-0.2, -0.15) is 5.10 Å². The molecule has 1 aromatic heterocycles. The van der Waals surface area contributed by atoms with Crippen molar-refractivity contribution in [2.24, 2.45) is 0 Å². The molecule has 0 atom stereocenters. The minimum atomic E-state index is -0.532. The number of ether oxygens (including phenoxy) is 1. The van der Waals surface area contributed by atoms with Crippen LogP contribution in [0.1, 0.15) is 31.3 Å². The van der Waals surface area contributed by atoms with Crippen LogP contribution >= 0.6 is 0 Å². The molecule has 0 saturated heterocycles. The number of esters is 1. The van der Waals surface area contributed by atoms with E-state index in [1.807, 2.05) is 20.8 Å². The zero-order valence-electron chi connectivity index (χ0n) is 10.1. The summed E-state index contributed by atoms with van der Waals surface area (Å²) in [6, 6.07) is 5.22. The average molecular weight is 233 g/mol. The molecular weight excluding hydrogens is 218 g/mol. The van der Waals surface area contributed by atoms with Gasteiger partial charge in [-0.25, -0.2) is 4.79 Å². The van der Waals surface area contributed by atoms with E-state index in [1.54, 1.807) is 18.2 Å². The summed E-state index contributed by atoms with van der Waals surface area (Å²) < 4.78 is 5.27. The van der Waals surface area contributed by atoms with Crippen LogP contribution in [0.25, 0.3) is 10.9 Å². The van der Waals surface area contributed by atoms with E-state index in [-0.39, 0.29) is 5.69 Å². The largest absolute Gasteiger partial charge is 0.455 e. The Morgan fingerprint density at radius 2 is 2.12 bits per heavy atom. The molecule has 0 aliphatic rings. The van der Waals surface area contributed by atoms with Crippen LogP contribution in [0.2, 0.25) is 0 Å². The SMILES string of the molecule is CC(C)(C)OC(=O)c1n[nH]c2cc(N)ccc12. The van der Waals surface area contributed by atoms with Crippen LogP contribution in [0.3, 0.4) is 0 Å². The smallest absolute Gasteiger partial charge is 0.360 e. The Labute approximate surface area is 98.9 Å². The molecule has 3 N–H and O–H groups in total. The third-order valence-corrected chi connectivity index (χ3v) is 2.18. The maximum atomic E-state index is 11.9. The number of fused-ring (bicyclic) bond motifs is 1. The molecule has 0 unspecified atom stereocenters. The number of H-pyrrole nitrogens is 1. The molecule has 17 heavy (non-hydrogen) atoms. The Hall–Kier alpha value is -2.04. The molecule has 0 radical (unpaired) electrons. The monoisotopic (exact) mass is 233 g/mol. The lowest BCUT2D eigenvalue weighted by Gasteiger charge is -2.18. The number of nitrogen functional groups attached to an aromatic ring is 1. The molecule has 5 nitrogen and oxygen atoms in total. The number of nitrogens with one attached hydrogen (secondary N) is 1. The van der Waals surface area contributed by atoms with E-state index in [9.17, 15) is 4.79 Å². The van der Waals surface area contributed by atoms with Crippen molar-refractivity contribution in [3.8, 4) is 0 Å². The maximum absolute atomic E-state index is 11.9. The molecule has 0 aliphatic heterocycles. The number of carbonyl (C=O) groups excluding carboxylic acids is 1. The summed E-state index contributed by atoms with van der Waals surface area (Å²) in [5, 5.41) is 7.45. The molecule has 90 valence electrons. The first-order chi connectivity index (χ1) is 7.87. The molecule has 1 aromatic carbocycles. The van der Waals surface area contributed by atoms with Crippen LogP contribution in [0.15, 0.2) is 18.2 Å². The second kappa shape index (κ2) is 3.76. The van der Waals surface area contributed by atoms with Gasteiger partial charge in [-0.1, -0.05) is 0 Å². The number of aromatic nitrogens is 2. The number of aromatic amines is 1. The number of hydrogen-bond acceptors (Lipinski definition) is 4. The minimum Gasteiger partial charge on any atom is -0.455 e. The van der Waals surface area contributed by atoms with Crippen molar-refractivity contribution < 1.29 is 9.53 Å². The molecule has 0 fully saturated rings. The molecule has 5 heteroatoms. The first-order valence-corrected chi connectivity index (χ1v) is 5.34. The number of benzene rings is 1. The van der Waals surface area contributed by atoms with Crippen LogP contribution in [-0.4, -0.2) is 21.8 Å². The lowest BCUT2D eigenvalue weighted by molar-refractivity contribution is 0.00651. The Balaban J connectivity index is 2.40. The third kappa shape index (κ3) is 2.38. The zero-order chi connectivity index (χ0) is 12.6. The highest BCUT2D eigenvalue weighted by Crippen LogP contribution is 2.20. The van der Waals surface area contributed by atoms with E-state index in [4.69, 9.17) is 10.5 Å². The maximum Gasteiger partial charge on any atom is 0.360 e. The summed E-state index contributed by atoms with van der Waals surface area (Å²) in [4.78, 5) is 11.9. The third-order valence-electron chi connectivity index (χ3n) is 2.18. The fraction of sp³-hybridized carbons (Fsp3) is 0.333. The van der Waals surface area contributed by atoms with Gasteiger partial charge in [0.05, 0.1) is 5.52 Å². The molecule has 0 spiro atoms. The predicted octanol–water partition coefficient (Wildman–Crippen LogP) is 2.10. The van der Waals surface area contributed by atoms with Gasteiger partial charge in [-0.05, 0) is 39.0 Å². The lowest BCUT2D eigenvalue weighted by atomic mass is 10.1. The van der Waals surface area contributed by atoms with Crippen molar-refractivity contribution in [3.63, 3.8) is 0 Å². The van der Waals surface area contributed by atoms with Crippen molar-refractivity contribution in [3.05, 3.63) is 23.9 Å². The summed E-state index contributed by atoms with van der Waals surface area (Å²) in [5.41, 5.74) is 6.75. The topological polar surface area (TPSA) is 81.0 Å². The molecular formula is C12H15N3O2. The fourth-order valence-corrected chi connectivity index (χ4v) is 1.52. The van der Waals surface area contributed by atoms with Gasteiger partial charge in [0, 0.05) is 11.1 Å². The van der Waals surface area contributed by atoms with E-state index < -0.39 is 11.6 Å². The normalized spacial score (nSPS) is 11.7. The van der Waals surface area contributed by atoms with Gasteiger partial charge < -0.3 is 10.5 Å². The number of hydrogen-bond donors (Lipinski definition) is 2. The number of nitrogens with zero attached hydrogens (tertiary/aromatic N) is 1. The molecule has 1 heterocycles. The van der Waals surface area contributed by atoms with Crippen LogP contribution in [0.4, 0.5) is 5.69 Å². The molecule has 0 bridgehead atoms. The lowest BCUT2D eigenvalue weighted by Crippen LogP contribution is -2.24. The number of nitrogens with two attached hydrogens (primary N) is 1. The van der Waals surface area contributed by atoms with Gasteiger partial charge in [0.1, 0.15) is 5.60 Å². The Bertz CT molecular complexity index is 567. The van der Waals surface area contributed by atoms with Crippen molar-refractivity contribution in [2.45, 2.75) is 26.4 Å². The van der Waals surface area contributed by atoms with Crippen LogP contribution in [0, 0.1) is 0 Å². The fourth-order valence-electron chi connectivity index (χ4n) is 1.52. The average Bonchev–Trinajstić information content (AvgIpc) is 2.57. The first-order valence-electron chi connectivity index (χ1n) is 5.34. The van der Waals surface area contributed by atoms with Crippen molar-refractivity contribution in [1.82, 2.24) is 10.2 Å². The molecule has 2 rings (SSSR count). The van der Waals surface area contributed by atoms with E-state index in [0.717, 1.165) is 5.52 Å². The first kappa shape index (κ1) is 11.4. The Kier molecular flexibility index (Phi) is 2.53. The summed E-state index contributed by atoms with van der Waals surface area (Å²) in [6.45, 7) is 5.45. The van der Waals surface area contributed by atoms with Gasteiger partial charge >= 0.3 is 5.97 Å². The summed E-state index contributed by atoms with van der Waals surface area (Å²) in [6.07, 6.45) is 0. The van der Waals surface area contributed by atoms with Gasteiger partial charge in [-0.15, -0.1) is 0 Å². The Morgan fingerprint density at radius 3 is 2.76 bits per heavy atom. The second-order valence-corrected chi connectivity index (χ2v) is 4.88. The van der Waals surface area contributed by atoms with Crippen LogP contribution in [-0.2, 0) is 4.74 Å². The minimum absolute atomic E-state index is 0.287. The van der Waals surface area contributed by atoms with Crippen LogP contribution < -0.4 is 5.73 Å². The zero-order valence-corrected chi connectivity index (χ0v) is 10.1. The van der Waals surface area contributed by atoms with Gasteiger partial charge in [0.25, 0.3) is 0 Å². The number of anilines is 1. The molecule has 0 saturated carbocycles. The summed E-state index contributed by atoms with van der Waals surface area (Å²) in [7, 11) is 0. The van der Waals surface area contributed by atoms with Gasteiger partial charge in [0.15, 0.2) is 5.69 Å². The summed E-state index contributed by atoms with van der Waals surface area (Å²) in [5.74, 6) is -0.437. The molecule has 2 aromatic rings. The van der Waals surface area contributed by atoms with E-state index in [2.05, 4.69) is 10.2 Å².